The second-order valence-electron chi connectivity index (χ2n) is 6.38. The second-order valence-corrected chi connectivity index (χ2v) is 7.30. The molecule has 1 aliphatic rings. The number of ketones is 1. The first-order chi connectivity index (χ1) is 11.0. The molecule has 23 heavy (non-hydrogen) atoms. The zero-order valence-corrected chi connectivity index (χ0v) is 15.5. The number of halogens is 1. The Morgan fingerprint density at radius 1 is 1.22 bits per heavy atom. The van der Waals surface area contributed by atoms with Crippen LogP contribution in [0, 0.1) is 0 Å². The molecule has 1 heterocycles. The van der Waals surface area contributed by atoms with Crippen molar-refractivity contribution < 1.29 is 9.59 Å². The van der Waals surface area contributed by atoms with Crippen molar-refractivity contribution >= 4 is 27.6 Å². The number of piperidine rings is 1. The Balaban J connectivity index is 1.76. The van der Waals surface area contributed by atoms with Crippen molar-refractivity contribution in [1.29, 1.82) is 0 Å². The van der Waals surface area contributed by atoms with Gasteiger partial charge in [-0.3, -0.25) is 9.59 Å². The summed E-state index contributed by atoms with van der Waals surface area (Å²) in [6.07, 6.45) is 3.73. The van der Waals surface area contributed by atoms with Gasteiger partial charge >= 0.3 is 0 Å². The molecule has 0 bridgehead atoms. The first-order valence-electron chi connectivity index (χ1n) is 8.20. The summed E-state index contributed by atoms with van der Waals surface area (Å²) < 4.78 is 0.963. The Labute approximate surface area is 147 Å². The first-order valence-corrected chi connectivity index (χ1v) is 8.99. The highest BCUT2D eigenvalue weighted by Crippen LogP contribution is 2.16. The van der Waals surface area contributed by atoms with Gasteiger partial charge in [-0.15, -0.1) is 0 Å². The molecule has 1 amide bonds. The van der Waals surface area contributed by atoms with Gasteiger partial charge in [0, 0.05) is 42.0 Å². The fourth-order valence-corrected chi connectivity index (χ4v) is 3.21. The summed E-state index contributed by atoms with van der Waals surface area (Å²) in [5, 5.41) is 0. The molecule has 0 unspecified atom stereocenters. The molecule has 0 radical (unpaired) electrons. The summed E-state index contributed by atoms with van der Waals surface area (Å²) in [4.78, 5) is 28.6. The molecule has 0 aromatic heterocycles. The van der Waals surface area contributed by atoms with Crippen LogP contribution in [-0.4, -0.2) is 54.7 Å². The third kappa shape index (κ3) is 5.43. The van der Waals surface area contributed by atoms with E-state index in [0.29, 0.717) is 30.9 Å². The van der Waals surface area contributed by atoms with Crippen molar-refractivity contribution in [3.63, 3.8) is 0 Å². The Morgan fingerprint density at radius 2 is 1.91 bits per heavy atom. The molecule has 126 valence electrons. The molecule has 1 aromatic rings. The number of benzene rings is 1. The number of carbonyl (C=O) groups is 2. The minimum absolute atomic E-state index is 0.107. The summed E-state index contributed by atoms with van der Waals surface area (Å²) in [5.74, 6) is 0.287. The van der Waals surface area contributed by atoms with Gasteiger partial charge in [0.15, 0.2) is 5.78 Å². The van der Waals surface area contributed by atoms with E-state index in [1.54, 1.807) is 0 Å². The molecule has 0 aliphatic carbocycles. The van der Waals surface area contributed by atoms with Crippen molar-refractivity contribution in [3.8, 4) is 0 Å². The summed E-state index contributed by atoms with van der Waals surface area (Å²) in [6, 6.07) is 7.83. The number of likely N-dealkylation sites (tertiary alicyclic amines) is 1. The van der Waals surface area contributed by atoms with E-state index >= 15 is 0 Å². The molecule has 1 atom stereocenters. The van der Waals surface area contributed by atoms with Crippen LogP contribution in [0.1, 0.15) is 42.5 Å². The number of hydrogen-bond donors (Lipinski definition) is 0. The Kier molecular flexibility index (Phi) is 6.78. The van der Waals surface area contributed by atoms with E-state index in [1.165, 1.54) is 0 Å². The number of carbonyl (C=O) groups excluding carboxylic acids is 2. The maximum atomic E-state index is 12.3. The van der Waals surface area contributed by atoms with Gasteiger partial charge in [0.05, 0.1) is 0 Å². The van der Waals surface area contributed by atoms with Gasteiger partial charge in [-0.25, -0.2) is 0 Å². The number of likely N-dealkylation sites (N-methyl/N-ethyl adjacent to an activating group) is 1. The summed E-state index contributed by atoms with van der Waals surface area (Å²) >= 11 is 3.36. The van der Waals surface area contributed by atoms with Gasteiger partial charge in [0.1, 0.15) is 0 Å². The molecular formula is C18H25BrN2O2. The number of nitrogens with zero attached hydrogens (tertiary/aromatic N) is 2. The highest BCUT2D eigenvalue weighted by atomic mass is 79.9. The molecule has 1 saturated heterocycles. The zero-order chi connectivity index (χ0) is 16.8. The number of hydrogen-bond acceptors (Lipinski definition) is 3. The van der Waals surface area contributed by atoms with Crippen LogP contribution in [-0.2, 0) is 4.79 Å². The Bertz CT molecular complexity index is 542. The van der Waals surface area contributed by atoms with E-state index in [1.807, 2.05) is 29.2 Å². The van der Waals surface area contributed by atoms with Crippen LogP contribution in [0.25, 0.3) is 0 Å². The van der Waals surface area contributed by atoms with E-state index < -0.39 is 0 Å². The number of amides is 1. The molecule has 1 aliphatic heterocycles. The van der Waals surface area contributed by atoms with Crippen LogP contribution in [0.5, 0.6) is 0 Å². The van der Waals surface area contributed by atoms with E-state index in [-0.39, 0.29) is 11.7 Å². The maximum Gasteiger partial charge on any atom is 0.222 e. The lowest BCUT2D eigenvalue weighted by Gasteiger charge is -2.36. The highest BCUT2D eigenvalue weighted by molar-refractivity contribution is 9.10. The van der Waals surface area contributed by atoms with Crippen molar-refractivity contribution in [2.75, 3.05) is 27.2 Å². The Morgan fingerprint density at radius 3 is 2.57 bits per heavy atom. The van der Waals surface area contributed by atoms with Crippen LogP contribution in [0.4, 0.5) is 0 Å². The third-order valence-corrected chi connectivity index (χ3v) is 4.97. The summed E-state index contributed by atoms with van der Waals surface area (Å²) in [5.41, 5.74) is 0.714. The normalized spacial score (nSPS) is 18.3. The van der Waals surface area contributed by atoms with Crippen LogP contribution in [0.15, 0.2) is 28.7 Å². The molecule has 4 nitrogen and oxygen atoms in total. The first kappa shape index (κ1) is 18.1. The predicted molar refractivity (Wildman–Crippen MR) is 95.6 cm³/mol. The largest absolute Gasteiger partial charge is 0.341 e. The molecule has 0 N–H and O–H groups in total. The van der Waals surface area contributed by atoms with Crippen LogP contribution in [0.3, 0.4) is 0 Å². The van der Waals surface area contributed by atoms with Crippen LogP contribution < -0.4 is 0 Å². The smallest absolute Gasteiger partial charge is 0.222 e. The lowest BCUT2D eigenvalue weighted by atomic mass is 10.0. The summed E-state index contributed by atoms with van der Waals surface area (Å²) in [7, 11) is 4.13. The third-order valence-electron chi connectivity index (χ3n) is 4.44. The Hall–Kier alpha value is -1.20. The van der Waals surface area contributed by atoms with E-state index in [9.17, 15) is 9.59 Å². The van der Waals surface area contributed by atoms with Gasteiger partial charge in [0.2, 0.25) is 5.91 Å². The minimum Gasteiger partial charge on any atom is -0.341 e. The lowest BCUT2D eigenvalue weighted by Crippen LogP contribution is -2.47. The van der Waals surface area contributed by atoms with Gasteiger partial charge in [-0.05, 0) is 45.5 Å². The quantitative estimate of drug-likeness (QED) is 0.710. The fourth-order valence-electron chi connectivity index (χ4n) is 2.94. The van der Waals surface area contributed by atoms with Crippen molar-refractivity contribution in [3.05, 3.63) is 34.3 Å². The molecule has 1 aromatic carbocycles. The molecular weight excluding hydrogens is 356 g/mol. The van der Waals surface area contributed by atoms with Crippen LogP contribution in [0.2, 0.25) is 0 Å². The van der Waals surface area contributed by atoms with Gasteiger partial charge in [0.25, 0.3) is 0 Å². The van der Waals surface area contributed by atoms with Crippen molar-refractivity contribution in [2.24, 2.45) is 0 Å². The molecule has 2 rings (SSSR count). The fraction of sp³-hybridized carbons (Fsp3) is 0.556. The highest BCUT2D eigenvalue weighted by Gasteiger charge is 2.24. The van der Waals surface area contributed by atoms with E-state index in [0.717, 1.165) is 30.4 Å². The SMILES string of the molecule is CN(C)[C@H]1CCCN(C(=O)CCCC(=O)c2ccc(Br)cc2)C1. The predicted octanol–water partition coefficient (Wildman–Crippen LogP) is 3.35. The summed E-state index contributed by atoms with van der Waals surface area (Å²) in [6.45, 7) is 1.66. The molecule has 0 spiro atoms. The monoisotopic (exact) mass is 380 g/mol. The minimum atomic E-state index is 0.107. The van der Waals surface area contributed by atoms with Crippen LogP contribution >= 0.6 is 15.9 Å². The average molecular weight is 381 g/mol. The number of rotatable bonds is 6. The van der Waals surface area contributed by atoms with Gasteiger partial charge < -0.3 is 9.80 Å². The van der Waals surface area contributed by atoms with Crippen molar-refractivity contribution in [1.82, 2.24) is 9.80 Å². The molecule has 5 heteroatoms. The molecule has 1 fully saturated rings. The van der Waals surface area contributed by atoms with E-state index in [4.69, 9.17) is 0 Å². The van der Waals surface area contributed by atoms with Gasteiger partial charge in [-0.2, -0.15) is 0 Å². The average Bonchev–Trinajstić information content (AvgIpc) is 2.55. The van der Waals surface area contributed by atoms with Gasteiger partial charge in [-0.1, -0.05) is 28.1 Å². The number of Topliss-reactive ketones (excluding diaryl/α,β-unsaturated/α-hetero) is 1. The topological polar surface area (TPSA) is 40.6 Å². The standard InChI is InChI=1S/C18H25BrN2O2/c1-20(2)16-5-4-12-21(13-16)18(23)7-3-6-17(22)14-8-10-15(19)11-9-14/h8-11,16H,3-7,12-13H2,1-2H3/t16-/m0/s1. The maximum absolute atomic E-state index is 12.3. The lowest BCUT2D eigenvalue weighted by molar-refractivity contribution is -0.133. The van der Waals surface area contributed by atoms with E-state index in [2.05, 4.69) is 34.9 Å². The second kappa shape index (κ2) is 8.60. The molecule has 0 saturated carbocycles. The zero-order valence-electron chi connectivity index (χ0n) is 13.9. The van der Waals surface area contributed by atoms with Crippen molar-refractivity contribution in [2.45, 2.75) is 38.1 Å².